The lowest BCUT2D eigenvalue weighted by molar-refractivity contribution is -0.121. The number of rotatable bonds is 5. The number of aromatic carboxylic acids is 1. The zero-order chi connectivity index (χ0) is 20.1. The van der Waals surface area contributed by atoms with Gasteiger partial charge in [-0.1, -0.05) is 18.2 Å². The lowest BCUT2D eigenvalue weighted by Gasteiger charge is -2.32. The summed E-state index contributed by atoms with van der Waals surface area (Å²) in [6.45, 7) is 0.975. The molecule has 1 aliphatic heterocycles. The standard InChI is InChI=1S/C21H22N2O5/c1-28-18-12-16(9-10-17(18)21(26)27)22-19(24)15-8-5-11-23(13-15)20(25)14-6-3-2-4-7-14/h2-4,6-7,9-10,12,15H,5,8,11,13H2,1H3,(H,22,24)(H,26,27). The van der Waals surface area contributed by atoms with Gasteiger partial charge >= 0.3 is 5.97 Å². The molecule has 0 aliphatic carbocycles. The summed E-state index contributed by atoms with van der Waals surface area (Å²) in [7, 11) is 1.38. The predicted molar refractivity (Wildman–Crippen MR) is 104 cm³/mol. The fourth-order valence-electron chi connectivity index (χ4n) is 3.33. The number of carbonyl (C=O) groups is 3. The van der Waals surface area contributed by atoms with Crippen LogP contribution >= 0.6 is 0 Å². The van der Waals surface area contributed by atoms with Crippen LogP contribution in [0, 0.1) is 5.92 Å². The molecular weight excluding hydrogens is 360 g/mol. The average molecular weight is 382 g/mol. The second kappa shape index (κ2) is 8.56. The minimum absolute atomic E-state index is 0.0257. The number of carboxylic acid groups (broad SMARTS) is 1. The molecule has 7 nitrogen and oxygen atoms in total. The van der Waals surface area contributed by atoms with Crippen LogP contribution in [0.2, 0.25) is 0 Å². The Balaban J connectivity index is 1.67. The highest BCUT2D eigenvalue weighted by molar-refractivity contribution is 5.97. The molecule has 0 radical (unpaired) electrons. The zero-order valence-corrected chi connectivity index (χ0v) is 15.6. The third-order valence-electron chi connectivity index (χ3n) is 4.80. The van der Waals surface area contributed by atoms with Gasteiger partial charge in [-0.2, -0.15) is 0 Å². The van der Waals surface area contributed by atoms with Gasteiger partial charge in [0.25, 0.3) is 5.91 Å². The van der Waals surface area contributed by atoms with Crippen molar-refractivity contribution in [3.63, 3.8) is 0 Å². The first kappa shape index (κ1) is 19.4. The number of hydrogen-bond acceptors (Lipinski definition) is 4. The Morgan fingerprint density at radius 3 is 2.57 bits per heavy atom. The second-order valence-corrected chi connectivity index (χ2v) is 6.67. The molecule has 2 aromatic carbocycles. The summed E-state index contributed by atoms with van der Waals surface area (Å²) >= 11 is 0. The van der Waals surface area contributed by atoms with Crippen LogP contribution in [0.4, 0.5) is 5.69 Å². The molecule has 0 spiro atoms. The Labute approximate surface area is 162 Å². The lowest BCUT2D eigenvalue weighted by atomic mass is 9.96. The SMILES string of the molecule is COc1cc(NC(=O)C2CCCN(C(=O)c3ccccc3)C2)ccc1C(=O)O. The summed E-state index contributed by atoms with van der Waals surface area (Å²) in [4.78, 5) is 38.2. The van der Waals surface area contributed by atoms with Crippen LogP contribution in [0.15, 0.2) is 48.5 Å². The number of ether oxygens (including phenoxy) is 1. The summed E-state index contributed by atoms with van der Waals surface area (Å²) in [6, 6.07) is 13.4. The van der Waals surface area contributed by atoms with Gasteiger partial charge < -0.3 is 20.1 Å². The van der Waals surface area contributed by atoms with Gasteiger partial charge in [-0.15, -0.1) is 0 Å². The minimum atomic E-state index is -1.10. The van der Waals surface area contributed by atoms with Crippen molar-refractivity contribution < 1.29 is 24.2 Å². The first-order valence-electron chi connectivity index (χ1n) is 9.06. The molecule has 2 amide bonds. The Morgan fingerprint density at radius 1 is 1.14 bits per heavy atom. The van der Waals surface area contributed by atoms with E-state index in [1.807, 2.05) is 18.2 Å². The van der Waals surface area contributed by atoms with Gasteiger partial charge in [0.1, 0.15) is 11.3 Å². The van der Waals surface area contributed by atoms with Crippen LogP contribution in [0.1, 0.15) is 33.6 Å². The van der Waals surface area contributed by atoms with Crippen LogP contribution in [0.5, 0.6) is 5.75 Å². The lowest BCUT2D eigenvalue weighted by Crippen LogP contribution is -2.43. The normalized spacial score (nSPS) is 16.3. The summed E-state index contributed by atoms with van der Waals surface area (Å²) in [5.74, 6) is -1.53. The number of benzene rings is 2. The molecule has 2 N–H and O–H groups in total. The van der Waals surface area contributed by atoms with Gasteiger partial charge in [0.2, 0.25) is 5.91 Å². The van der Waals surface area contributed by atoms with Crippen LogP contribution < -0.4 is 10.1 Å². The van der Waals surface area contributed by atoms with E-state index in [9.17, 15) is 14.4 Å². The molecule has 7 heteroatoms. The number of amides is 2. The van der Waals surface area contributed by atoms with E-state index >= 15 is 0 Å². The fraction of sp³-hybridized carbons (Fsp3) is 0.286. The summed E-state index contributed by atoms with van der Waals surface area (Å²) in [5, 5.41) is 11.9. The number of carboxylic acids is 1. The molecule has 1 aliphatic rings. The second-order valence-electron chi connectivity index (χ2n) is 6.67. The summed E-state index contributed by atoms with van der Waals surface area (Å²) in [6.07, 6.45) is 1.44. The van der Waals surface area contributed by atoms with Gasteiger partial charge in [-0.25, -0.2) is 4.79 Å². The molecule has 28 heavy (non-hydrogen) atoms. The molecule has 1 fully saturated rings. The van der Waals surface area contributed by atoms with E-state index in [4.69, 9.17) is 9.84 Å². The maximum atomic E-state index is 12.7. The van der Waals surface area contributed by atoms with E-state index in [-0.39, 0.29) is 29.0 Å². The molecule has 1 atom stereocenters. The summed E-state index contributed by atoms with van der Waals surface area (Å²) < 4.78 is 5.09. The number of methoxy groups -OCH3 is 1. The van der Waals surface area contributed by atoms with Crippen molar-refractivity contribution in [2.24, 2.45) is 5.92 Å². The van der Waals surface area contributed by atoms with Crippen molar-refractivity contribution in [1.82, 2.24) is 4.90 Å². The molecule has 0 saturated carbocycles. The fourth-order valence-corrected chi connectivity index (χ4v) is 3.33. The predicted octanol–water partition coefficient (Wildman–Crippen LogP) is 2.88. The molecule has 146 valence electrons. The number of nitrogens with one attached hydrogen (secondary N) is 1. The number of carbonyl (C=O) groups excluding carboxylic acids is 2. The van der Waals surface area contributed by atoms with Crippen molar-refractivity contribution in [3.05, 3.63) is 59.7 Å². The maximum Gasteiger partial charge on any atom is 0.339 e. The number of hydrogen-bond donors (Lipinski definition) is 2. The number of likely N-dealkylation sites (tertiary alicyclic amines) is 1. The summed E-state index contributed by atoms with van der Waals surface area (Å²) in [5.41, 5.74) is 1.09. The molecule has 1 saturated heterocycles. The number of piperidine rings is 1. The van der Waals surface area contributed by atoms with Crippen LogP contribution in [-0.4, -0.2) is 48.0 Å². The molecular formula is C21H22N2O5. The Kier molecular flexibility index (Phi) is 5.93. The maximum absolute atomic E-state index is 12.7. The molecule has 0 aromatic heterocycles. The van der Waals surface area contributed by atoms with E-state index in [0.717, 1.165) is 6.42 Å². The van der Waals surface area contributed by atoms with E-state index < -0.39 is 5.97 Å². The van der Waals surface area contributed by atoms with Crippen molar-refractivity contribution >= 4 is 23.5 Å². The topological polar surface area (TPSA) is 95.9 Å². The third-order valence-corrected chi connectivity index (χ3v) is 4.80. The van der Waals surface area contributed by atoms with Crippen molar-refractivity contribution in [1.29, 1.82) is 0 Å². The zero-order valence-electron chi connectivity index (χ0n) is 15.6. The number of anilines is 1. The molecule has 2 aromatic rings. The smallest absolute Gasteiger partial charge is 0.339 e. The quantitative estimate of drug-likeness (QED) is 0.829. The average Bonchev–Trinajstić information content (AvgIpc) is 2.73. The van der Waals surface area contributed by atoms with Crippen LogP contribution in [-0.2, 0) is 4.79 Å². The van der Waals surface area contributed by atoms with E-state index in [0.29, 0.717) is 30.8 Å². The van der Waals surface area contributed by atoms with E-state index in [1.165, 1.54) is 25.3 Å². The first-order valence-corrected chi connectivity index (χ1v) is 9.06. The van der Waals surface area contributed by atoms with Crippen molar-refractivity contribution in [3.8, 4) is 5.75 Å². The molecule has 0 bridgehead atoms. The minimum Gasteiger partial charge on any atom is -0.496 e. The molecule has 1 unspecified atom stereocenters. The first-order chi connectivity index (χ1) is 13.5. The van der Waals surface area contributed by atoms with Crippen molar-refractivity contribution in [2.45, 2.75) is 12.8 Å². The monoisotopic (exact) mass is 382 g/mol. The highest BCUT2D eigenvalue weighted by Gasteiger charge is 2.29. The Morgan fingerprint density at radius 2 is 1.89 bits per heavy atom. The van der Waals surface area contributed by atoms with Gasteiger partial charge in [0.15, 0.2) is 0 Å². The van der Waals surface area contributed by atoms with E-state index in [2.05, 4.69) is 5.32 Å². The Bertz CT molecular complexity index is 882. The molecule has 3 rings (SSSR count). The van der Waals surface area contributed by atoms with Crippen LogP contribution in [0.3, 0.4) is 0 Å². The number of nitrogens with zero attached hydrogens (tertiary/aromatic N) is 1. The van der Waals surface area contributed by atoms with Gasteiger partial charge in [-0.3, -0.25) is 9.59 Å². The van der Waals surface area contributed by atoms with Crippen molar-refractivity contribution in [2.75, 3.05) is 25.5 Å². The third kappa shape index (κ3) is 4.31. The van der Waals surface area contributed by atoms with Gasteiger partial charge in [0, 0.05) is 30.4 Å². The van der Waals surface area contributed by atoms with Gasteiger partial charge in [-0.05, 0) is 37.1 Å². The van der Waals surface area contributed by atoms with Gasteiger partial charge in [0.05, 0.1) is 13.0 Å². The largest absolute Gasteiger partial charge is 0.496 e. The van der Waals surface area contributed by atoms with E-state index in [1.54, 1.807) is 17.0 Å². The Hall–Kier alpha value is -3.35. The molecule has 1 heterocycles. The van der Waals surface area contributed by atoms with Crippen LogP contribution in [0.25, 0.3) is 0 Å². The highest BCUT2D eigenvalue weighted by atomic mass is 16.5. The highest BCUT2D eigenvalue weighted by Crippen LogP contribution is 2.25.